The van der Waals surface area contributed by atoms with Crippen LogP contribution < -0.4 is 5.73 Å². The highest BCUT2D eigenvalue weighted by atomic mass is 15.4. The van der Waals surface area contributed by atoms with Gasteiger partial charge in [0, 0.05) is 17.3 Å². The minimum atomic E-state index is 0.140. The molecule has 5 aromatic rings. The van der Waals surface area contributed by atoms with Gasteiger partial charge in [-0.25, -0.2) is 14.6 Å². The quantitative estimate of drug-likeness (QED) is 0.469. The molecule has 150 valence electrons. The Morgan fingerprint density at radius 3 is 2.81 bits per heavy atom. The maximum absolute atomic E-state index is 9.32. The van der Waals surface area contributed by atoms with E-state index in [1.165, 1.54) is 5.39 Å². The molecule has 3 aromatic heterocycles. The SMILES string of the molecule is Cc1c(C#N)cccc1-c1cc(-c2cn(Cc3ccc4cc[nH]c4c3)nn2)nc(N)n1. The number of nitrogens with one attached hydrogen (secondary N) is 1. The van der Waals surface area contributed by atoms with Crippen LogP contribution in [-0.4, -0.2) is 29.9 Å². The molecule has 0 radical (unpaired) electrons. The first-order valence-electron chi connectivity index (χ1n) is 9.72. The van der Waals surface area contributed by atoms with Gasteiger partial charge in [0.25, 0.3) is 0 Å². The molecule has 3 N–H and O–H groups in total. The number of hydrogen-bond donors (Lipinski definition) is 2. The highest BCUT2D eigenvalue weighted by molar-refractivity contribution is 5.79. The standard InChI is InChI=1S/C23H18N8/c1-14-17(11-24)3-2-4-18(14)20-10-21(28-23(25)27-20)22-13-31(30-29-22)12-15-5-6-16-7-8-26-19(16)9-15/h2-10,13,26H,12H2,1H3,(H2,25,27,28). The number of benzene rings is 2. The summed E-state index contributed by atoms with van der Waals surface area (Å²) in [6.45, 7) is 2.47. The highest BCUT2D eigenvalue weighted by Gasteiger charge is 2.13. The summed E-state index contributed by atoms with van der Waals surface area (Å²) in [5, 5.41) is 19.0. The molecule has 0 aliphatic rings. The molecular weight excluding hydrogens is 388 g/mol. The molecule has 0 spiro atoms. The molecule has 3 heterocycles. The molecule has 0 fully saturated rings. The van der Waals surface area contributed by atoms with Gasteiger partial charge in [0.2, 0.25) is 5.95 Å². The Morgan fingerprint density at radius 1 is 1.06 bits per heavy atom. The highest BCUT2D eigenvalue weighted by Crippen LogP contribution is 2.27. The van der Waals surface area contributed by atoms with Crippen LogP contribution >= 0.6 is 0 Å². The molecule has 8 heteroatoms. The molecule has 0 aliphatic heterocycles. The van der Waals surface area contributed by atoms with Gasteiger partial charge in [-0.15, -0.1) is 5.10 Å². The fourth-order valence-electron chi connectivity index (χ4n) is 3.64. The third-order valence-electron chi connectivity index (χ3n) is 5.24. The van der Waals surface area contributed by atoms with E-state index in [9.17, 15) is 5.26 Å². The topological polar surface area (TPSA) is 122 Å². The van der Waals surface area contributed by atoms with Crippen LogP contribution in [0.15, 0.2) is 60.9 Å². The number of nitrogen functional groups attached to an aromatic ring is 1. The zero-order valence-corrected chi connectivity index (χ0v) is 16.7. The number of aromatic amines is 1. The lowest BCUT2D eigenvalue weighted by molar-refractivity contribution is 0.650. The molecule has 0 amide bonds. The van der Waals surface area contributed by atoms with Gasteiger partial charge >= 0.3 is 0 Å². The molecule has 5 rings (SSSR count). The zero-order valence-electron chi connectivity index (χ0n) is 16.7. The lowest BCUT2D eigenvalue weighted by Crippen LogP contribution is -2.00. The van der Waals surface area contributed by atoms with Crippen molar-refractivity contribution in [3.05, 3.63) is 77.6 Å². The van der Waals surface area contributed by atoms with E-state index in [4.69, 9.17) is 5.73 Å². The predicted octanol–water partition coefficient (Wildman–Crippen LogP) is 3.69. The van der Waals surface area contributed by atoms with Gasteiger partial charge in [-0.05, 0) is 47.7 Å². The van der Waals surface area contributed by atoms with Crippen LogP contribution in [0.1, 0.15) is 16.7 Å². The first kappa shape index (κ1) is 18.5. The summed E-state index contributed by atoms with van der Waals surface area (Å²) in [5.41, 5.74) is 12.3. The Hall–Kier alpha value is -4.51. The van der Waals surface area contributed by atoms with E-state index >= 15 is 0 Å². The number of nitriles is 1. The first-order chi connectivity index (χ1) is 15.1. The molecule has 0 bridgehead atoms. The summed E-state index contributed by atoms with van der Waals surface area (Å²) in [7, 11) is 0. The van der Waals surface area contributed by atoms with E-state index in [-0.39, 0.29) is 5.95 Å². The average molecular weight is 406 g/mol. The number of nitrogens with two attached hydrogens (primary N) is 1. The van der Waals surface area contributed by atoms with Crippen molar-refractivity contribution in [3.8, 4) is 28.7 Å². The van der Waals surface area contributed by atoms with Crippen molar-refractivity contribution in [1.82, 2.24) is 29.9 Å². The van der Waals surface area contributed by atoms with Crippen molar-refractivity contribution < 1.29 is 0 Å². The molecular formula is C23H18N8. The Morgan fingerprint density at radius 2 is 1.94 bits per heavy atom. The van der Waals surface area contributed by atoms with Crippen molar-refractivity contribution in [2.75, 3.05) is 5.73 Å². The van der Waals surface area contributed by atoms with Gasteiger partial charge in [-0.3, -0.25) is 0 Å². The smallest absolute Gasteiger partial charge is 0.221 e. The second-order valence-corrected chi connectivity index (χ2v) is 7.29. The van der Waals surface area contributed by atoms with E-state index in [0.717, 1.165) is 22.2 Å². The normalized spacial score (nSPS) is 11.0. The van der Waals surface area contributed by atoms with E-state index in [1.54, 1.807) is 10.7 Å². The number of fused-ring (bicyclic) bond motifs is 1. The summed E-state index contributed by atoms with van der Waals surface area (Å²) < 4.78 is 1.76. The fourth-order valence-corrected chi connectivity index (χ4v) is 3.64. The summed E-state index contributed by atoms with van der Waals surface area (Å²) >= 11 is 0. The van der Waals surface area contributed by atoms with Crippen molar-refractivity contribution in [2.24, 2.45) is 0 Å². The van der Waals surface area contributed by atoms with Crippen LogP contribution in [0.25, 0.3) is 33.5 Å². The minimum absolute atomic E-state index is 0.140. The lowest BCUT2D eigenvalue weighted by Gasteiger charge is -2.08. The fraction of sp³-hybridized carbons (Fsp3) is 0.0870. The summed E-state index contributed by atoms with van der Waals surface area (Å²) in [6.07, 6.45) is 3.76. The molecule has 31 heavy (non-hydrogen) atoms. The molecule has 0 aliphatic carbocycles. The monoisotopic (exact) mass is 406 g/mol. The maximum atomic E-state index is 9.32. The van der Waals surface area contributed by atoms with Gasteiger partial charge in [-0.1, -0.05) is 29.5 Å². The third-order valence-corrected chi connectivity index (χ3v) is 5.24. The second kappa shape index (κ2) is 7.39. The number of H-pyrrole nitrogens is 1. The number of hydrogen-bond acceptors (Lipinski definition) is 6. The van der Waals surface area contributed by atoms with Crippen molar-refractivity contribution in [1.29, 1.82) is 5.26 Å². The van der Waals surface area contributed by atoms with Crippen LogP contribution in [0.2, 0.25) is 0 Å². The second-order valence-electron chi connectivity index (χ2n) is 7.29. The number of nitrogens with zero attached hydrogens (tertiary/aromatic N) is 6. The Balaban J connectivity index is 1.47. The Labute approximate surface area is 178 Å². The van der Waals surface area contributed by atoms with E-state index in [0.29, 0.717) is 29.2 Å². The predicted molar refractivity (Wildman–Crippen MR) is 118 cm³/mol. The molecule has 0 saturated carbocycles. The van der Waals surface area contributed by atoms with Crippen molar-refractivity contribution in [3.63, 3.8) is 0 Å². The van der Waals surface area contributed by atoms with Gasteiger partial charge < -0.3 is 10.7 Å². The van der Waals surface area contributed by atoms with Crippen LogP contribution in [0.3, 0.4) is 0 Å². The molecule has 0 atom stereocenters. The largest absolute Gasteiger partial charge is 0.368 e. The van der Waals surface area contributed by atoms with E-state index in [1.807, 2.05) is 43.6 Å². The van der Waals surface area contributed by atoms with Crippen molar-refractivity contribution in [2.45, 2.75) is 13.5 Å². The molecule has 0 saturated heterocycles. The summed E-state index contributed by atoms with van der Waals surface area (Å²) in [6, 6.07) is 17.8. The Bertz CT molecular complexity index is 1450. The maximum Gasteiger partial charge on any atom is 0.221 e. The van der Waals surface area contributed by atoms with Gasteiger partial charge in [-0.2, -0.15) is 5.26 Å². The van der Waals surface area contributed by atoms with Crippen LogP contribution in [0.4, 0.5) is 5.95 Å². The van der Waals surface area contributed by atoms with Gasteiger partial charge in [0.05, 0.1) is 35.8 Å². The zero-order chi connectivity index (χ0) is 21.4. The van der Waals surface area contributed by atoms with Gasteiger partial charge in [0.15, 0.2) is 0 Å². The summed E-state index contributed by atoms with van der Waals surface area (Å²) in [4.78, 5) is 11.9. The summed E-state index contributed by atoms with van der Waals surface area (Å²) in [5.74, 6) is 0.140. The number of anilines is 1. The third kappa shape index (κ3) is 3.49. The number of rotatable bonds is 4. The molecule has 8 nitrogen and oxygen atoms in total. The first-order valence-corrected chi connectivity index (χ1v) is 9.72. The minimum Gasteiger partial charge on any atom is -0.368 e. The Kier molecular flexibility index (Phi) is 4.41. The van der Waals surface area contributed by atoms with Gasteiger partial charge in [0.1, 0.15) is 5.69 Å². The van der Waals surface area contributed by atoms with E-state index in [2.05, 4.69) is 49.5 Å². The van der Waals surface area contributed by atoms with Crippen LogP contribution in [0, 0.1) is 18.3 Å². The lowest BCUT2D eigenvalue weighted by atomic mass is 10.00. The van der Waals surface area contributed by atoms with Crippen molar-refractivity contribution >= 4 is 16.9 Å². The average Bonchev–Trinajstić information content (AvgIpc) is 3.43. The van der Waals surface area contributed by atoms with Crippen LogP contribution in [-0.2, 0) is 6.54 Å². The number of aromatic nitrogens is 6. The molecule has 2 aromatic carbocycles. The van der Waals surface area contributed by atoms with Crippen LogP contribution in [0.5, 0.6) is 0 Å². The molecule has 0 unspecified atom stereocenters. The van der Waals surface area contributed by atoms with E-state index < -0.39 is 0 Å².